The minimum atomic E-state index is -0.999. The highest BCUT2D eigenvalue weighted by Crippen LogP contribution is 2.33. The topological polar surface area (TPSA) is 84.2 Å². The summed E-state index contributed by atoms with van der Waals surface area (Å²) in [5, 5.41) is 16.3. The number of hydrogen-bond donors (Lipinski definition) is 2. The lowest BCUT2D eigenvalue weighted by Gasteiger charge is -2.14. The lowest BCUT2D eigenvalue weighted by Crippen LogP contribution is -2.41. The van der Waals surface area contributed by atoms with E-state index in [1.807, 2.05) is 6.92 Å². The van der Waals surface area contributed by atoms with E-state index in [4.69, 9.17) is 0 Å². The first-order chi connectivity index (χ1) is 12.3. The normalized spacial score (nSPS) is 14.9. The van der Waals surface area contributed by atoms with Crippen LogP contribution in [0, 0.1) is 25.6 Å². The van der Waals surface area contributed by atoms with Crippen LogP contribution in [-0.4, -0.2) is 32.8 Å². The number of nitrogens with one attached hydrogen (secondary N) is 1. The second-order valence-electron chi connectivity index (χ2n) is 6.85. The van der Waals surface area contributed by atoms with Crippen molar-refractivity contribution in [3.05, 3.63) is 47.0 Å². The second-order valence-corrected chi connectivity index (χ2v) is 6.85. The second kappa shape index (κ2) is 7.27. The molecule has 0 bridgehead atoms. The van der Waals surface area contributed by atoms with Crippen LogP contribution in [0.2, 0.25) is 0 Å². The quantitative estimate of drug-likeness (QED) is 0.796. The molecular formula is C19H22FN3O3. The van der Waals surface area contributed by atoms with E-state index in [2.05, 4.69) is 10.4 Å². The smallest absolute Gasteiger partial charge is 0.326 e. The minimum absolute atomic E-state index is 0.0628. The van der Waals surface area contributed by atoms with Gasteiger partial charge in [0.1, 0.15) is 11.9 Å². The monoisotopic (exact) mass is 359 g/mol. The number of carboxylic acids is 1. The highest BCUT2D eigenvalue weighted by Gasteiger charge is 2.30. The van der Waals surface area contributed by atoms with E-state index >= 15 is 0 Å². The summed E-state index contributed by atoms with van der Waals surface area (Å²) in [5.74, 6) is -1.25. The predicted molar refractivity (Wildman–Crippen MR) is 93.6 cm³/mol. The number of halogens is 1. The van der Waals surface area contributed by atoms with Crippen molar-refractivity contribution in [2.75, 3.05) is 0 Å². The molecule has 0 saturated heterocycles. The Hall–Kier alpha value is -2.70. The van der Waals surface area contributed by atoms with Crippen LogP contribution >= 0.6 is 0 Å². The van der Waals surface area contributed by atoms with Crippen molar-refractivity contribution < 1.29 is 19.1 Å². The van der Waals surface area contributed by atoms with E-state index in [9.17, 15) is 19.1 Å². The Morgan fingerprint density at radius 3 is 2.54 bits per heavy atom. The summed E-state index contributed by atoms with van der Waals surface area (Å²) in [6.07, 6.45) is 2.60. The molecule has 1 aliphatic rings. The lowest BCUT2D eigenvalue weighted by molar-refractivity contribution is -0.142. The number of carbonyl (C=O) groups is 2. The lowest BCUT2D eigenvalue weighted by atomic mass is 10.1. The van der Waals surface area contributed by atoms with Gasteiger partial charge in [-0.3, -0.25) is 4.79 Å². The molecule has 1 aromatic carbocycles. The summed E-state index contributed by atoms with van der Waals surface area (Å²) in [4.78, 5) is 23.7. The van der Waals surface area contributed by atoms with Gasteiger partial charge in [-0.25, -0.2) is 13.9 Å². The molecule has 1 unspecified atom stereocenters. The summed E-state index contributed by atoms with van der Waals surface area (Å²) in [6, 6.07) is 5.10. The Labute approximate surface area is 151 Å². The molecule has 138 valence electrons. The van der Waals surface area contributed by atoms with Crippen molar-refractivity contribution in [3.63, 3.8) is 0 Å². The number of aromatic nitrogens is 2. The van der Waals surface area contributed by atoms with E-state index in [0.717, 1.165) is 24.1 Å². The molecule has 0 aliphatic heterocycles. The predicted octanol–water partition coefficient (Wildman–Crippen LogP) is 2.54. The summed E-state index contributed by atoms with van der Waals surface area (Å²) in [7, 11) is 0. The molecule has 3 rings (SSSR count). The molecule has 1 aromatic heterocycles. The molecular weight excluding hydrogens is 337 g/mol. The van der Waals surface area contributed by atoms with Crippen molar-refractivity contribution in [3.8, 4) is 5.69 Å². The highest BCUT2D eigenvalue weighted by atomic mass is 19.1. The van der Waals surface area contributed by atoms with E-state index < -0.39 is 12.0 Å². The van der Waals surface area contributed by atoms with Gasteiger partial charge in [-0.2, -0.15) is 5.10 Å². The molecule has 1 saturated carbocycles. The summed E-state index contributed by atoms with van der Waals surface area (Å²) < 4.78 is 14.8. The van der Waals surface area contributed by atoms with E-state index in [-0.39, 0.29) is 18.1 Å². The summed E-state index contributed by atoms with van der Waals surface area (Å²) in [6.45, 7) is 3.64. The fourth-order valence-electron chi connectivity index (χ4n) is 3.08. The molecule has 2 N–H and O–H groups in total. The third kappa shape index (κ3) is 4.09. The van der Waals surface area contributed by atoms with Crippen LogP contribution < -0.4 is 5.32 Å². The molecule has 7 heteroatoms. The number of aliphatic carboxylic acids is 1. The Morgan fingerprint density at radius 2 is 1.96 bits per heavy atom. The van der Waals surface area contributed by atoms with Gasteiger partial charge in [0.05, 0.1) is 17.8 Å². The van der Waals surface area contributed by atoms with E-state index in [0.29, 0.717) is 23.7 Å². The number of nitrogens with zero attached hydrogens (tertiary/aromatic N) is 2. The van der Waals surface area contributed by atoms with Gasteiger partial charge in [-0.1, -0.05) is 12.8 Å². The van der Waals surface area contributed by atoms with Crippen LogP contribution in [0.3, 0.4) is 0 Å². The molecule has 0 radical (unpaired) electrons. The molecule has 26 heavy (non-hydrogen) atoms. The van der Waals surface area contributed by atoms with Gasteiger partial charge in [-0.05, 0) is 50.5 Å². The summed E-state index contributed by atoms with van der Waals surface area (Å²) >= 11 is 0. The fourth-order valence-corrected chi connectivity index (χ4v) is 3.08. The van der Waals surface area contributed by atoms with Crippen LogP contribution in [-0.2, 0) is 16.0 Å². The fraction of sp³-hybridized carbons (Fsp3) is 0.421. The van der Waals surface area contributed by atoms with E-state index in [1.54, 1.807) is 23.7 Å². The maximum Gasteiger partial charge on any atom is 0.326 e. The number of benzene rings is 1. The van der Waals surface area contributed by atoms with Gasteiger partial charge < -0.3 is 10.4 Å². The van der Waals surface area contributed by atoms with Gasteiger partial charge in [0.15, 0.2) is 0 Å². The first kappa shape index (κ1) is 18.1. The first-order valence-electron chi connectivity index (χ1n) is 8.68. The molecule has 6 nitrogen and oxygen atoms in total. The van der Waals surface area contributed by atoms with Crippen LogP contribution in [0.15, 0.2) is 24.3 Å². The average molecular weight is 359 g/mol. The molecule has 1 fully saturated rings. The summed E-state index contributed by atoms with van der Waals surface area (Å²) in [5.41, 5.74) is 2.92. The molecule has 1 aliphatic carbocycles. The number of aryl methyl sites for hydroxylation is 1. The van der Waals surface area contributed by atoms with Crippen LogP contribution in [0.5, 0.6) is 0 Å². The van der Waals surface area contributed by atoms with Gasteiger partial charge in [-0.15, -0.1) is 0 Å². The third-order valence-electron chi connectivity index (χ3n) is 4.75. The average Bonchev–Trinajstić information content (AvgIpc) is 3.36. The minimum Gasteiger partial charge on any atom is -0.480 e. The van der Waals surface area contributed by atoms with Crippen molar-refractivity contribution >= 4 is 11.9 Å². The van der Waals surface area contributed by atoms with Crippen molar-refractivity contribution in [1.29, 1.82) is 0 Å². The first-order valence-corrected chi connectivity index (χ1v) is 8.68. The standard InChI is InChI=1S/C19H22FN3O3/c1-11-16(10-18(24)21-17(19(25)26)9-13-3-4-13)12(2)23(22-11)15-7-5-14(20)6-8-15/h5-8,13,17H,3-4,9-10H2,1-2H3,(H,21,24)(H,25,26). The Bertz CT molecular complexity index is 825. The van der Waals surface area contributed by atoms with Gasteiger partial charge in [0, 0.05) is 11.3 Å². The van der Waals surface area contributed by atoms with Crippen molar-refractivity contribution in [2.24, 2.45) is 5.92 Å². The Kier molecular flexibility index (Phi) is 5.06. The number of carboxylic acid groups (broad SMARTS) is 1. The molecule has 1 amide bonds. The number of rotatable bonds is 7. The Morgan fingerprint density at radius 1 is 1.31 bits per heavy atom. The van der Waals surface area contributed by atoms with Crippen molar-refractivity contribution in [1.82, 2.24) is 15.1 Å². The van der Waals surface area contributed by atoms with Gasteiger partial charge in [0.2, 0.25) is 5.91 Å². The zero-order valence-electron chi connectivity index (χ0n) is 14.8. The van der Waals surface area contributed by atoms with E-state index in [1.165, 1.54) is 12.1 Å². The van der Waals surface area contributed by atoms with Crippen LogP contribution in [0.4, 0.5) is 4.39 Å². The highest BCUT2D eigenvalue weighted by molar-refractivity contribution is 5.85. The Balaban J connectivity index is 1.73. The van der Waals surface area contributed by atoms with Gasteiger partial charge in [0.25, 0.3) is 0 Å². The molecule has 0 spiro atoms. The number of amides is 1. The van der Waals surface area contributed by atoms with Gasteiger partial charge >= 0.3 is 5.97 Å². The number of carbonyl (C=O) groups excluding carboxylic acids is 1. The molecule has 2 aromatic rings. The van der Waals surface area contributed by atoms with Crippen LogP contribution in [0.1, 0.15) is 36.2 Å². The zero-order valence-corrected chi connectivity index (χ0v) is 14.8. The van der Waals surface area contributed by atoms with Crippen LogP contribution in [0.25, 0.3) is 5.69 Å². The SMILES string of the molecule is Cc1nn(-c2ccc(F)cc2)c(C)c1CC(=O)NC(CC1CC1)C(=O)O. The number of hydrogen-bond acceptors (Lipinski definition) is 3. The molecule has 1 heterocycles. The van der Waals surface area contributed by atoms with Crippen molar-refractivity contribution in [2.45, 2.75) is 45.6 Å². The maximum atomic E-state index is 13.1. The molecule has 1 atom stereocenters. The largest absolute Gasteiger partial charge is 0.480 e. The zero-order chi connectivity index (χ0) is 18.8. The maximum absolute atomic E-state index is 13.1. The third-order valence-corrected chi connectivity index (χ3v) is 4.75.